The minimum atomic E-state index is 1.21. The summed E-state index contributed by atoms with van der Waals surface area (Å²) in [5, 5.41) is 0. The molecule has 0 saturated carbocycles. The molecule has 0 aromatic carbocycles. The molecule has 0 saturated heterocycles. The highest BCUT2D eigenvalue weighted by atomic mass is 14.1. The van der Waals surface area contributed by atoms with E-state index in [2.05, 4.69) is 26.8 Å². The molecular formula is C10H16. The largest absolute Gasteiger partial charge is 0.0690 e. The highest BCUT2D eigenvalue weighted by Crippen LogP contribution is 2.28. The van der Waals surface area contributed by atoms with Crippen LogP contribution in [-0.2, 0) is 0 Å². The SMILES string of the molecule is CCC1=C(CC)CC(C)=C1. The van der Waals surface area contributed by atoms with E-state index in [1.54, 1.807) is 11.1 Å². The van der Waals surface area contributed by atoms with Crippen LogP contribution in [0.1, 0.15) is 40.0 Å². The van der Waals surface area contributed by atoms with Gasteiger partial charge < -0.3 is 0 Å². The Morgan fingerprint density at radius 1 is 1.30 bits per heavy atom. The van der Waals surface area contributed by atoms with Crippen LogP contribution < -0.4 is 0 Å². The fourth-order valence-corrected chi connectivity index (χ4v) is 1.60. The molecule has 0 fully saturated rings. The third-order valence-electron chi connectivity index (χ3n) is 2.17. The lowest BCUT2D eigenvalue weighted by Crippen LogP contribution is -1.80. The van der Waals surface area contributed by atoms with Gasteiger partial charge in [-0.3, -0.25) is 0 Å². The second kappa shape index (κ2) is 3.05. The quantitative estimate of drug-likeness (QED) is 0.545. The van der Waals surface area contributed by atoms with Gasteiger partial charge in [0.15, 0.2) is 0 Å². The molecule has 1 rings (SSSR count). The minimum absolute atomic E-state index is 1.21. The topological polar surface area (TPSA) is 0 Å². The molecule has 0 bridgehead atoms. The van der Waals surface area contributed by atoms with Crippen molar-refractivity contribution in [2.24, 2.45) is 0 Å². The Hall–Kier alpha value is -0.520. The molecule has 0 radical (unpaired) electrons. The van der Waals surface area contributed by atoms with Crippen molar-refractivity contribution in [1.82, 2.24) is 0 Å². The Labute approximate surface area is 63.6 Å². The highest BCUT2D eigenvalue weighted by molar-refractivity contribution is 5.37. The van der Waals surface area contributed by atoms with Crippen molar-refractivity contribution >= 4 is 0 Å². The first-order valence-electron chi connectivity index (χ1n) is 4.16. The van der Waals surface area contributed by atoms with E-state index in [0.717, 1.165) is 0 Å². The van der Waals surface area contributed by atoms with Crippen molar-refractivity contribution in [2.75, 3.05) is 0 Å². The zero-order valence-electron chi connectivity index (χ0n) is 7.20. The van der Waals surface area contributed by atoms with Crippen molar-refractivity contribution in [3.8, 4) is 0 Å². The predicted octanol–water partition coefficient (Wildman–Crippen LogP) is 3.45. The van der Waals surface area contributed by atoms with E-state index >= 15 is 0 Å². The predicted molar refractivity (Wildman–Crippen MR) is 46.0 cm³/mol. The van der Waals surface area contributed by atoms with Gasteiger partial charge in [-0.05, 0) is 31.8 Å². The van der Waals surface area contributed by atoms with E-state index in [9.17, 15) is 0 Å². The smallest absolute Gasteiger partial charge is 0.0102 e. The van der Waals surface area contributed by atoms with Crippen molar-refractivity contribution in [3.05, 3.63) is 22.8 Å². The summed E-state index contributed by atoms with van der Waals surface area (Å²) < 4.78 is 0. The average Bonchev–Trinajstić information content (AvgIpc) is 2.30. The second-order valence-electron chi connectivity index (χ2n) is 3.00. The van der Waals surface area contributed by atoms with Crippen LogP contribution in [0.15, 0.2) is 22.8 Å². The van der Waals surface area contributed by atoms with Gasteiger partial charge in [-0.15, -0.1) is 0 Å². The van der Waals surface area contributed by atoms with Crippen LogP contribution in [0.5, 0.6) is 0 Å². The maximum Gasteiger partial charge on any atom is -0.0102 e. The summed E-state index contributed by atoms with van der Waals surface area (Å²) in [6.45, 7) is 6.70. The monoisotopic (exact) mass is 136 g/mol. The van der Waals surface area contributed by atoms with Crippen LogP contribution in [0.2, 0.25) is 0 Å². The number of hydrogen-bond acceptors (Lipinski definition) is 0. The molecule has 0 nitrogen and oxygen atoms in total. The Morgan fingerprint density at radius 3 is 2.40 bits per heavy atom. The number of rotatable bonds is 2. The molecule has 0 aliphatic heterocycles. The lowest BCUT2D eigenvalue weighted by molar-refractivity contribution is 0.980. The summed E-state index contributed by atoms with van der Waals surface area (Å²) in [6, 6.07) is 0. The molecule has 56 valence electrons. The lowest BCUT2D eigenvalue weighted by Gasteiger charge is -1.99. The average molecular weight is 136 g/mol. The van der Waals surface area contributed by atoms with E-state index in [1.807, 2.05) is 0 Å². The van der Waals surface area contributed by atoms with Gasteiger partial charge in [-0.1, -0.05) is 31.1 Å². The van der Waals surface area contributed by atoms with Crippen LogP contribution in [0.4, 0.5) is 0 Å². The minimum Gasteiger partial charge on any atom is -0.0690 e. The summed E-state index contributed by atoms with van der Waals surface area (Å²) in [5.74, 6) is 0. The lowest BCUT2D eigenvalue weighted by atomic mass is 10.1. The molecule has 0 spiro atoms. The third kappa shape index (κ3) is 1.31. The second-order valence-corrected chi connectivity index (χ2v) is 3.00. The molecular weight excluding hydrogens is 120 g/mol. The summed E-state index contributed by atoms with van der Waals surface area (Å²) in [4.78, 5) is 0. The van der Waals surface area contributed by atoms with Crippen LogP contribution in [0.25, 0.3) is 0 Å². The first-order valence-corrected chi connectivity index (χ1v) is 4.16. The van der Waals surface area contributed by atoms with E-state index in [-0.39, 0.29) is 0 Å². The first-order chi connectivity index (χ1) is 4.77. The molecule has 0 N–H and O–H groups in total. The molecule has 0 heteroatoms. The van der Waals surface area contributed by atoms with E-state index < -0.39 is 0 Å². The van der Waals surface area contributed by atoms with Gasteiger partial charge in [0.05, 0.1) is 0 Å². The van der Waals surface area contributed by atoms with E-state index in [1.165, 1.54) is 24.8 Å². The highest BCUT2D eigenvalue weighted by Gasteiger charge is 2.08. The fraction of sp³-hybridized carbons (Fsp3) is 0.600. The van der Waals surface area contributed by atoms with Gasteiger partial charge in [-0.2, -0.15) is 0 Å². The summed E-state index contributed by atoms with van der Waals surface area (Å²) in [5.41, 5.74) is 4.77. The zero-order chi connectivity index (χ0) is 7.56. The van der Waals surface area contributed by atoms with Crippen LogP contribution in [0, 0.1) is 0 Å². The number of allylic oxidation sites excluding steroid dienone is 4. The standard InChI is InChI=1S/C10H16/c1-4-9-6-8(3)7-10(9)5-2/h6H,4-5,7H2,1-3H3. The van der Waals surface area contributed by atoms with Crippen molar-refractivity contribution in [3.63, 3.8) is 0 Å². The first kappa shape index (κ1) is 7.59. The van der Waals surface area contributed by atoms with Crippen LogP contribution in [-0.4, -0.2) is 0 Å². The third-order valence-corrected chi connectivity index (χ3v) is 2.17. The van der Waals surface area contributed by atoms with E-state index in [4.69, 9.17) is 0 Å². The molecule has 0 unspecified atom stereocenters. The van der Waals surface area contributed by atoms with Gasteiger partial charge in [-0.25, -0.2) is 0 Å². The van der Waals surface area contributed by atoms with Gasteiger partial charge in [0.2, 0.25) is 0 Å². The van der Waals surface area contributed by atoms with Gasteiger partial charge in [0.25, 0.3) is 0 Å². The number of hydrogen-bond donors (Lipinski definition) is 0. The molecule has 1 aliphatic carbocycles. The fourth-order valence-electron chi connectivity index (χ4n) is 1.60. The molecule has 0 aromatic heterocycles. The molecule has 0 aromatic rings. The zero-order valence-corrected chi connectivity index (χ0v) is 7.20. The summed E-state index contributed by atoms with van der Waals surface area (Å²) in [6.07, 6.45) is 6.02. The molecule has 0 amide bonds. The van der Waals surface area contributed by atoms with Gasteiger partial charge >= 0.3 is 0 Å². The van der Waals surface area contributed by atoms with Crippen LogP contribution >= 0.6 is 0 Å². The van der Waals surface area contributed by atoms with Crippen molar-refractivity contribution < 1.29 is 0 Å². The molecule has 0 atom stereocenters. The molecule has 10 heavy (non-hydrogen) atoms. The Morgan fingerprint density at radius 2 is 2.00 bits per heavy atom. The Balaban J connectivity index is 2.74. The summed E-state index contributed by atoms with van der Waals surface area (Å²) >= 11 is 0. The van der Waals surface area contributed by atoms with Gasteiger partial charge in [0.1, 0.15) is 0 Å². The van der Waals surface area contributed by atoms with Crippen LogP contribution in [0.3, 0.4) is 0 Å². The molecule has 0 heterocycles. The van der Waals surface area contributed by atoms with Crippen molar-refractivity contribution in [2.45, 2.75) is 40.0 Å². The Bertz CT molecular complexity index is 182. The van der Waals surface area contributed by atoms with E-state index in [0.29, 0.717) is 0 Å². The normalized spacial score (nSPS) is 18.1. The Kier molecular flexibility index (Phi) is 2.31. The van der Waals surface area contributed by atoms with Gasteiger partial charge in [0, 0.05) is 0 Å². The summed E-state index contributed by atoms with van der Waals surface area (Å²) in [7, 11) is 0. The maximum atomic E-state index is 2.35. The maximum absolute atomic E-state index is 2.35. The molecule has 1 aliphatic rings. The van der Waals surface area contributed by atoms with Crippen molar-refractivity contribution in [1.29, 1.82) is 0 Å².